The number of piperazine rings is 1. The molecule has 2 aromatic carbocycles. The predicted octanol–water partition coefficient (Wildman–Crippen LogP) is 2.45. The first-order valence-corrected chi connectivity index (χ1v) is 12.2. The fourth-order valence-corrected chi connectivity index (χ4v) is 5.12. The Hall–Kier alpha value is -2.78. The lowest BCUT2D eigenvalue weighted by Gasteiger charge is -2.36. The summed E-state index contributed by atoms with van der Waals surface area (Å²) in [5.74, 6) is 1.20. The molecule has 1 saturated heterocycles. The molecule has 8 nitrogen and oxygen atoms in total. The number of carbonyl (C=O) groups is 1. The third-order valence-corrected chi connectivity index (χ3v) is 7.66. The largest absolute Gasteiger partial charge is 0.497 e. The van der Waals surface area contributed by atoms with Gasteiger partial charge in [-0.25, -0.2) is 8.42 Å². The fraction of sp³-hybridized carbons (Fsp3) is 0.435. The molecule has 174 valence electrons. The summed E-state index contributed by atoms with van der Waals surface area (Å²) in [4.78, 5) is 16.8. The van der Waals surface area contributed by atoms with Gasteiger partial charge in [0.05, 0.1) is 12.0 Å². The van der Waals surface area contributed by atoms with Crippen LogP contribution in [0.3, 0.4) is 0 Å². The Labute approximate surface area is 190 Å². The first-order valence-electron chi connectivity index (χ1n) is 10.8. The van der Waals surface area contributed by atoms with Crippen molar-refractivity contribution in [2.24, 2.45) is 0 Å². The Kier molecular flexibility index (Phi) is 7.98. The van der Waals surface area contributed by atoms with E-state index in [0.717, 1.165) is 24.5 Å². The van der Waals surface area contributed by atoms with Gasteiger partial charge in [0, 0.05) is 45.0 Å². The molecular formula is C23H31N3O5S. The van der Waals surface area contributed by atoms with E-state index in [1.54, 1.807) is 38.0 Å². The van der Waals surface area contributed by atoms with Gasteiger partial charge in [-0.15, -0.1) is 0 Å². The van der Waals surface area contributed by atoms with Crippen molar-refractivity contribution in [3.8, 4) is 11.5 Å². The van der Waals surface area contributed by atoms with Gasteiger partial charge in [0.15, 0.2) is 6.61 Å². The molecule has 0 aliphatic carbocycles. The monoisotopic (exact) mass is 461 g/mol. The topological polar surface area (TPSA) is 79.4 Å². The van der Waals surface area contributed by atoms with Crippen LogP contribution in [0.1, 0.15) is 13.8 Å². The van der Waals surface area contributed by atoms with Crippen LogP contribution in [-0.2, 0) is 14.8 Å². The first-order chi connectivity index (χ1) is 15.4. The lowest BCUT2D eigenvalue weighted by Crippen LogP contribution is -2.50. The van der Waals surface area contributed by atoms with Crippen molar-refractivity contribution in [3.63, 3.8) is 0 Å². The van der Waals surface area contributed by atoms with E-state index in [1.165, 1.54) is 16.4 Å². The molecule has 1 fully saturated rings. The van der Waals surface area contributed by atoms with Crippen molar-refractivity contribution in [1.82, 2.24) is 9.21 Å². The third kappa shape index (κ3) is 5.52. The third-order valence-electron chi connectivity index (χ3n) is 5.60. The number of amides is 1. The second kappa shape index (κ2) is 10.7. The number of sulfonamides is 1. The van der Waals surface area contributed by atoms with Gasteiger partial charge in [-0.3, -0.25) is 4.79 Å². The molecule has 2 aromatic rings. The molecule has 1 aliphatic rings. The van der Waals surface area contributed by atoms with Crippen molar-refractivity contribution in [2.75, 3.05) is 57.9 Å². The van der Waals surface area contributed by atoms with Crippen molar-refractivity contribution in [1.29, 1.82) is 0 Å². The minimum atomic E-state index is -3.51. The van der Waals surface area contributed by atoms with E-state index >= 15 is 0 Å². The lowest BCUT2D eigenvalue weighted by atomic mass is 10.2. The van der Waals surface area contributed by atoms with Crippen LogP contribution in [0.2, 0.25) is 0 Å². The number of hydrogen-bond acceptors (Lipinski definition) is 6. The number of benzene rings is 2. The standard InChI is InChI=1S/C23H31N3O5S/c1-4-26(5-2)32(28,29)22-12-10-21(11-13-22)31-18-23(27)25-16-14-24(15-17-25)19-6-8-20(30-3)9-7-19/h6-13H,4-5,14-18H2,1-3H3. The Morgan fingerprint density at radius 2 is 1.47 bits per heavy atom. The number of carbonyl (C=O) groups excluding carboxylic acids is 1. The quantitative estimate of drug-likeness (QED) is 0.571. The zero-order valence-electron chi connectivity index (χ0n) is 18.9. The molecular weight excluding hydrogens is 430 g/mol. The summed E-state index contributed by atoms with van der Waals surface area (Å²) < 4.78 is 37.3. The summed E-state index contributed by atoms with van der Waals surface area (Å²) in [6.07, 6.45) is 0. The number of hydrogen-bond donors (Lipinski definition) is 0. The molecule has 3 rings (SSSR count). The van der Waals surface area contributed by atoms with Gasteiger partial charge in [0.2, 0.25) is 10.0 Å². The molecule has 0 spiro atoms. The van der Waals surface area contributed by atoms with E-state index in [0.29, 0.717) is 31.9 Å². The van der Waals surface area contributed by atoms with Gasteiger partial charge < -0.3 is 19.3 Å². The maximum Gasteiger partial charge on any atom is 0.260 e. The van der Waals surface area contributed by atoms with E-state index < -0.39 is 10.0 Å². The number of methoxy groups -OCH3 is 1. The van der Waals surface area contributed by atoms with Crippen LogP contribution in [0, 0.1) is 0 Å². The maximum absolute atomic E-state index is 12.6. The smallest absolute Gasteiger partial charge is 0.260 e. The van der Waals surface area contributed by atoms with E-state index in [1.807, 2.05) is 24.3 Å². The molecule has 9 heteroatoms. The van der Waals surface area contributed by atoms with Gasteiger partial charge in [0.1, 0.15) is 11.5 Å². The summed E-state index contributed by atoms with van der Waals surface area (Å²) in [5.41, 5.74) is 1.11. The number of nitrogens with zero attached hydrogens (tertiary/aromatic N) is 3. The van der Waals surface area contributed by atoms with Crippen LogP contribution in [0.4, 0.5) is 5.69 Å². The van der Waals surface area contributed by atoms with Crippen molar-refractivity contribution >= 4 is 21.6 Å². The Morgan fingerprint density at radius 3 is 2.00 bits per heavy atom. The van der Waals surface area contributed by atoms with E-state index in [4.69, 9.17) is 9.47 Å². The van der Waals surface area contributed by atoms with Crippen molar-refractivity contribution in [3.05, 3.63) is 48.5 Å². The maximum atomic E-state index is 12.6. The van der Waals surface area contributed by atoms with Crippen LogP contribution in [-0.4, -0.2) is 76.5 Å². The van der Waals surface area contributed by atoms with E-state index in [9.17, 15) is 13.2 Å². The van der Waals surface area contributed by atoms with Gasteiger partial charge in [-0.05, 0) is 48.5 Å². The lowest BCUT2D eigenvalue weighted by molar-refractivity contribution is -0.133. The second-order valence-corrected chi connectivity index (χ2v) is 9.35. The first kappa shape index (κ1) is 23.9. The highest BCUT2D eigenvalue weighted by molar-refractivity contribution is 7.89. The molecule has 0 radical (unpaired) electrons. The number of rotatable bonds is 9. The highest BCUT2D eigenvalue weighted by atomic mass is 32.2. The minimum Gasteiger partial charge on any atom is -0.497 e. The van der Waals surface area contributed by atoms with Gasteiger partial charge >= 0.3 is 0 Å². The van der Waals surface area contributed by atoms with E-state index in [2.05, 4.69) is 4.90 Å². The van der Waals surface area contributed by atoms with Gasteiger partial charge in [0.25, 0.3) is 5.91 Å². The van der Waals surface area contributed by atoms with Crippen molar-refractivity contribution in [2.45, 2.75) is 18.7 Å². The highest BCUT2D eigenvalue weighted by Gasteiger charge is 2.23. The SMILES string of the molecule is CCN(CC)S(=O)(=O)c1ccc(OCC(=O)N2CCN(c3ccc(OC)cc3)CC2)cc1. The zero-order valence-corrected chi connectivity index (χ0v) is 19.7. The average molecular weight is 462 g/mol. The fourth-order valence-electron chi connectivity index (χ4n) is 3.66. The molecule has 1 aliphatic heterocycles. The average Bonchev–Trinajstić information content (AvgIpc) is 2.83. The summed E-state index contributed by atoms with van der Waals surface area (Å²) in [5, 5.41) is 0. The number of ether oxygens (including phenoxy) is 2. The predicted molar refractivity (Wildman–Crippen MR) is 124 cm³/mol. The van der Waals surface area contributed by atoms with Crippen LogP contribution < -0.4 is 14.4 Å². The summed E-state index contributed by atoms with van der Waals surface area (Å²) in [6.45, 7) is 7.09. The second-order valence-electron chi connectivity index (χ2n) is 7.42. The summed E-state index contributed by atoms with van der Waals surface area (Å²) >= 11 is 0. The normalized spacial score (nSPS) is 14.5. The Bertz CT molecular complexity index is 981. The van der Waals surface area contributed by atoms with Crippen LogP contribution in [0.15, 0.2) is 53.4 Å². The minimum absolute atomic E-state index is 0.0787. The molecule has 0 unspecified atom stereocenters. The molecule has 0 bridgehead atoms. The molecule has 0 atom stereocenters. The Balaban J connectivity index is 1.50. The molecule has 1 heterocycles. The summed E-state index contributed by atoms with van der Waals surface area (Å²) in [7, 11) is -1.86. The molecule has 1 amide bonds. The Morgan fingerprint density at radius 1 is 0.906 bits per heavy atom. The van der Waals surface area contributed by atoms with Crippen LogP contribution >= 0.6 is 0 Å². The molecule has 32 heavy (non-hydrogen) atoms. The molecule has 0 aromatic heterocycles. The van der Waals surface area contributed by atoms with E-state index in [-0.39, 0.29) is 17.4 Å². The highest BCUT2D eigenvalue weighted by Crippen LogP contribution is 2.21. The van der Waals surface area contributed by atoms with Gasteiger partial charge in [-0.2, -0.15) is 4.31 Å². The molecule has 0 N–H and O–H groups in total. The van der Waals surface area contributed by atoms with Gasteiger partial charge in [-0.1, -0.05) is 13.8 Å². The van der Waals surface area contributed by atoms with Crippen LogP contribution in [0.5, 0.6) is 11.5 Å². The van der Waals surface area contributed by atoms with Crippen molar-refractivity contribution < 1.29 is 22.7 Å². The zero-order chi connectivity index (χ0) is 23.1. The van der Waals surface area contributed by atoms with Crippen LogP contribution in [0.25, 0.3) is 0 Å². The molecule has 0 saturated carbocycles. The number of anilines is 1. The summed E-state index contributed by atoms with van der Waals surface area (Å²) in [6, 6.07) is 14.1.